The average molecular weight is 202 g/mol. The Balaban J connectivity index is 2.20. The lowest BCUT2D eigenvalue weighted by Crippen LogP contribution is -2.35. The highest BCUT2D eigenvalue weighted by molar-refractivity contribution is 6.29. The van der Waals surface area contributed by atoms with Gasteiger partial charge in [0.15, 0.2) is 0 Å². The highest BCUT2D eigenvalue weighted by Gasteiger charge is 2.19. The third kappa shape index (κ3) is 4.15. The van der Waals surface area contributed by atoms with Gasteiger partial charge in [0.25, 0.3) is 0 Å². The van der Waals surface area contributed by atoms with Gasteiger partial charge >= 0.3 is 0 Å². The molecule has 0 aromatic heterocycles. The van der Waals surface area contributed by atoms with E-state index in [0.717, 1.165) is 12.5 Å². The summed E-state index contributed by atoms with van der Waals surface area (Å²) in [6, 6.07) is 0.593. The molecule has 0 aliphatic heterocycles. The molecule has 1 rings (SSSR count). The van der Waals surface area contributed by atoms with Crippen LogP contribution >= 0.6 is 11.6 Å². The van der Waals surface area contributed by atoms with E-state index >= 15 is 0 Å². The van der Waals surface area contributed by atoms with E-state index in [-0.39, 0.29) is 0 Å². The second-order valence-corrected chi connectivity index (χ2v) is 4.62. The van der Waals surface area contributed by atoms with Gasteiger partial charge in [-0.2, -0.15) is 0 Å². The molecule has 1 nitrogen and oxygen atoms in total. The van der Waals surface area contributed by atoms with Gasteiger partial charge in [0.05, 0.1) is 0 Å². The minimum Gasteiger partial charge on any atom is -0.309 e. The van der Waals surface area contributed by atoms with Gasteiger partial charge in [-0.15, -0.1) is 0 Å². The molecule has 1 saturated carbocycles. The zero-order valence-corrected chi connectivity index (χ0v) is 9.24. The maximum Gasteiger partial charge on any atom is 0.0310 e. The summed E-state index contributed by atoms with van der Waals surface area (Å²) in [5.41, 5.74) is 0. The Bertz CT molecular complexity index is 161. The predicted octanol–water partition coefficient (Wildman–Crippen LogP) is 3.30. The van der Waals surface area contributed by atoms with Gasteiger partial charge in [0.1, 0.15) is 0 Å². The van der Waals surface area contributed by atoms with Gasteiger partial charge in [0, 0.05) is 17.6 Å². The zero-order chi connectivity index (χ0) is 9.68. The van der Waals surface area contributed by atoms with E-state index in [4.69, 9.17) is 11.6 Å². The summed E-state index contributed by atoms with van der Waals surface area (Å²) < 4.78 is 0. The maximum absolute atomic E-state index is 5.70. The van der Waals surface area contributed by atoms with Crippen LogP contribution in [0.25, 0.3) is 0 Å². The van der Waals surface area contributed by atoms with Crippen molar-refractivity contribution in [2.45, 2.75) is 45.1 Å². The van der Waals surface area contributed by atoms with Gasteiger partial charge in [-0.1, -0.05) is 37.4 Å². The SMILES string of the molecule is C=C(Cl)CN[C@H](C)C1CCCCC1. The number of hydrogen-bond donors (Lipinski definition) is 1. The minimum absolute atomic E-state index is 0.593. The first kappa shape index (κ1) is 11.1. The number of rotatable bonds is 4. The van der Waals surface area contributed by atoms with E-state index < -0.39 is 0 Å². The fourth-order valence-corrected chi connectivity index (χ4v) is 2.15. The Morgan fingerprint density at radius 3 is 2.62 bits per heavy atom. The molecular weight excluding hydrogens is 182 g/mol. The van der Waals surface area contributed by atoms with Crippen LogP contribution in [-0.2, 0) is 0 Å². The van der Waals surface area contributed by atoms with E-state index in [9.17, 15) is 0 Å². The number of halogens is 1. The monoisotopic (exact) mass is 201 g/mol. The standard InChI is InChI=1S/C11H20ClN/c1-9(12)8-13-10(2)11-6-4-3-5-7-11/h10-11,13H,1,3-8H2,2H3/t10-/m1/s1. The topological polar surface area (TPSA) is 12.0 Å². The number of nitrogens with one attached hydrogen (secondary N) is 1. The van der Waals surface area contributed by atoms with Crippen molar-refractivity contribution in [1.82, 2.24) is 5.32 Å². The number of hydrogen-bond acceptors (Lipinski definition) is 1. The Labute approximate surface area is 86.5 Å². The highest BCUT2D eigenvalue weighted by Crippen LogP contribution is 2.26. The second kappa shape index (κ2) is 5.66. The molecule has 0 spiro atoms. The Kier molecular flexibility index (Phi) is 4.82. The Morgan fingerprint density at radius 1 is 1.46 bits per heavy atom. The predicted molar refractivity (Wildman–Crippen MR) is 59.0 cm³/mol. The molecule has 1 fully saturated rings. The lowest BCUT2D eigenvalue weighted by Gasteiger charge is -2.28. The molecule has 0 heterocycles. The lowest BCUT2D eigenvalue weighted by molar-refractivity contribution is 0.286. The van der Waals surface area contributed by atoms with Crippen molar-refractivity contribution in [3.8, 4) is 0 Å². The smallest absolute Gasteiger partial charge is 0.0310 e. The van der Waals surface area contributed by atoms with Gasteiger partial charge in [0.2, 0.25) is 0 Å². The van der Waals surface area contributed by atoms with Crippen molar-refractivity contribution in [3.63, 3.8) is 0 Å². The molecule has 2 heteroatoms. The van der Waals surface area contributed by atoms with Gasteiger partial charge in [-0.3, -0.25) is 0 Å². The first-order valence-electron chi connectivity index (χ1n) is 5.27. The van der Waals surface area contributed by atoms with Crippen molar-refractivity contribution in [3.05, 3.63) is 11.6 Å². The van der Waals surface area contributed by atoms with Crippen molar-refractivity contribution < 1.29 is 0 Å². The molecule has 0 radical (unpaired) electrons. The normalized spacial score (nSPS) is 21.4. The van der Waals surface area contributed by atoms with Crippen LogP contribution in [-0.4, -0.2) is 12.6 Å². The molecule has 0 amide bonds. The van der Waals surface area contributed by atoms with Crippen molar-refractivity contribution >= 4 is 11.6 Å². The van der Waals surface area contributed by atoms with Crippen LogP contribution in [0.2, 0.25) is 0 Å². The molecule has 0 bridgehead atoms. The lowest BCUT2D eigenvalue weighted by atomic mass is 9.84. The van der Waals surface area contributed by atoms with Gasteiger partial charge in [-0.25, -0.2) is 0 Å². The summed E-state index contributed by atoms with van der Waals surface area (Å²) >= 11 is 5.70. The van der Waals surface area contributed by atoms with E-state index in [0.29, 0.717) is 11.1 Å². The van der Waals surface area contributed by atoms with Crippen LogP contribution in [0.3, 0.4) is 0 Å². The molecule has 0 aromatic rings. The second-order valence-electron chi connectivity index (χ2n) is 4.08. The summed E-state index contributed by atoms with van der Waals surface area (Å²) in [7, 11) is 0. The first-order valence-corrected chi connectivity index (χ1v) is 5.64. The summed E-state index contributed by atoms with van der Waals surface area (Å²) in [6.45, 7) is 6.68. The zero-order valence-electron chi connectivity index (χ0n) is 8.48. The van der Waals surface area contributed by atoms with Crippen LogP contribution in [0.5, 0.6) is 0 Å². The first-order chi connectivity index (χ1) is 6.20. The fraction of sp³-hybridized carbons (Fsp3) is 0.818. The molecule has 0 unspecified atom stereocenters. The van der Waals surface area contributed by atoms with Crippen molar-refractivity contribution in [2.75, 3.05) is 6.54 Å². The molecule has 1 aliphatic carbocycles. The van der Waals surface area contributed by atoms with Gasteiger partial charge < -0.3 is 5.32 Å². The molecule has 13 heavy (non-hydrogen) atoms. The maximum atomic E-state index is 5.70. The molecular formula is C11H20ClN. The third-order valence-corrected chi connectivity index (χ3v) is 3.11. The molecule has 0 aromatic carbocycles. The van der Waals surface area contributed by atoms with Gasteiger partial charge in [-0.05, 0) is 25.7 Å². The fourth-order valence-electron chi connectivity index (χ4n) is 2.07. The van der Waals surface area contributed by atoms with Crippen molar-refractivity contribution in [2.24, 2.45) is 5.92 Å². The van der Waals surface area contributed by atoms with E-state index in [2.05, 4.69) is 18.8 Å². The van der Waals surface area contributed by atoms with Crippen molar-refractivity contribution in [1.29, 1.82) is 0 Å². The van der Waals surface area contributed by atoms with E-state index in [1.54, 1.807) is 0 Å². The Morgan fingerprint density at radius 2 is 2.08 bits per heavy atom. The summed E-state index contributed by atoms with van der Waals surface area (Å²) in [6.07, 6.45) is 6.98. The van der Waals surface area contributed by atoms with Crippen LogP contribution in [0.1, 0.15) is 39.0 Å². The van der Waals surface area contributed by atoms with Crippen LogP contribution in [0, 0.1) is 5.92 Å². The van der Waals surface area contributed by atoms with E-state index in [1.807, 2.05) is 0 Å². The summed E-state index contributed by atoms with van der Waals surface area (Å²) in [5.74, 6) is 0.852. The largest absolute Gasteiger partial charge is 0.309 e. The molecule has 0 saturated heterocycles. The molecule has 1 N–H and O–H groups in total. The molecule has 1 atom stereocenters. The molecule has 76 valence electrons. The highest BCUT2D eigenvalue weighted by atomic mass is 35.5. The van der Waals surface area contributed by atoms with Crippen LogP contribution in [0.15, 0.2) is 11.6 Å². The van der Waals surface area contributed by atoms with Crippen LogP contribution < -0.4 is 5.32 Å². The Hall–Kier alpha value is -0.0100. The molecule has 1 aliphatic rings. The average Bonchev–Trinajstić information content (AvgIpc) is 2.15. The quantitative estimate of drug-likeness (QED) is 0.736. The minimum atomic E-state index is 0.593. The summed E-state index contributed by atoms with van der Waals surface area (Å²) in [4.78, 5) is 0. The third-order valence-electron chi connectivity index (χ3n) is 2.97. The van der Waals surface area contributed by atoms with Crippen LogP contribution in [0.4, 0.5) is 0 Å². The summed E-state index contributed by atoms with van der Waals surface area (Å²) in [5, 5.41) is 4.13. The van der Waals surface area contributed by atoms with E-state index in [1.165, 1.54) is 32.1 Å².